The van der Waals surface area contributed by atoms with Gasteiger partial charge in [-0.15, -0.1) is 5.10 Å². The predicted octanol–water partition coefficient (Wildman–Crippen LogP) is 2.73. The largest absolute Gasteiger partial charge is 0.368 e. The van der Waals surface area contributed by atoms with Gasteiger partial charge in [-0.25, -0.2) is 4.39 Å². The number of nitrogens with two attached hydrogens (primary N) is 1. The number of anilines is 1. The van der Waals surface area contributed by atoms with Crippen LogP contribution in [0.5, 0.6) is 0 Å². The third-order valence-corrected chi connectivity index (χ3v) is 4.91. The summed E-state index contributed by atoms with van der Waals surface area (Å²) in [5, 5.41) is 11.9. The second kappa shape index (κ2) is 9.17. The van der Waals surface area contributed by atoms with Gasteiger partial charge in [-0.1, -0.05) is 17.7 Å². The van der Waals surface area contributed by atoms with Crippen molar-refractivity contribution in [2.45, 2.75) is 13.3 Å². The maximum atomic E-state index is 13.7. The summed E-state index contributed by atoms with van der Waals surface area (Å²) in [5.74, 6) is -0.810. The van der Waals surface area contributed by atoms with Gasteiger partial charge in [-0.05, 0) is 42.7 Å². The van der Waals surface area contributed by atoms with Crippen molar-refractivity contribution in [3.05, 3.63) is 65.2 Å². The van der Waals surface area contributed by atoms with Crippen molar-refractivity contribution in [1.82, 2.24) is 15.0 Å². The summed E-state index contributed by atoms with van der Waals surface area (Å²) in [7, 11) is 1.66. The zero-order valence-corrected chi connectivity index (χ0v) is 17.0. The minimum absolute atomic E-state index is 0.0516. The molecule has 2 aromatic rings. The topological polar surface area (TPSA) is 99.2 Å². The first-order chi connectivity index (χ1) is 14.4. The molecular weight excluding hydrogens is 385 g/mol. The van der Waals surface area contributed by atoms with Crippen LogP contribution in [0.4, 0.5) is 10.1 Å². The van der Waals surface area contributed by atoms with Gasteiger partial charge < -0.3 is 16.0 Å². The summed E-state index contributed by atoms with van der Waals surface area (Å²) in [6, 6.07) is 8.77. The van der Waals surface area contributed by atoms with Gasteiger partial charge in [0.2, 0.25) is 5.96 Å². The van der Waals surface area contributed by atoms with Crippen molar-refractivity contribution >= 4 is 29.8 Å². The average Bonchev–Trinajstić information content (AvgIpc) is 2.74. The molecule has 0 bridgehead atoms. The highest BCUT2D eigenvalue weighted by Gasteiger charge is 2.20. The fourth-order valence-corrected chi connectivity index (χ4v) is 3.15. The van der Waals surface area contributed by atoms with Gasteiger partial charge in [0.25, 0.3) is 5.91 Å². The van der Waals surface area contributed by atoms with Crippen molar-refractivity contribution in [2.24, 2.45) is 15.9 Å². The van der Waals surface area contributed by atoms with Crippen LogP contribution in [-0.2, 0) is 0 Å². The zero-order chi connectivity index (χ0) is 21.7. The highest BCUT2D eigenvalue weighted by Crippen LogP contribution is 2.27. The standard InChI is InChI=1S/C21H24FN7O/c1-14-9-11-29(21(23)27-28(3)24-2)13-18(14)15-4-6-16(7-5-15)26-20(30)17-8-10-25-12-19(17)22/h4-8,10,12H,2,9,11,13H2,1,3H3,(H2,23,27)(H,26,30). The Morgan fingerprint density at radius 3 is 2.73 bits per heavy atom. The number of pyridine rings is 1. The number of rotatable bonds is 5. The van der Waals surface area contributed by atoms with Crippen LogP contribution in [-0.4, -0.2) is 53.7 Å². The molecule has 0 atom stereocenters. The van der Waals surface area contributed by atoms with E-state index >= 15 is 0 Å². The highest BCUT2D eigenvalue weighted by molar-refractivity contribution is 6.04. The van der Waals surface area contributed by atoms with Crippen molar-refractivity contribution < 1.29 is 9.18 Å². The number of carbonyl (C=O) groups excluding carboxylic acids is 1. The molecule has 2 heterocycles. The quantitative estimate of drug-likeness (QED) is 0.449. The number of hydrogen-bond donors (Lipinski definition) is 2. The van der Waals surface area contributed by atoms with Crippen molar-refractivity contribution in [3.63, 3.8) is 0 Å². The molecular formula is C21H24FN7O. The summed E-state index contributed by atoms with van der Waals surface area (Å²) in [6.45, 7) is 6.89. The Kier molecular flexibility index (Phi) is 6.41. The van der Waals surface area contributed by atoms with E-state index in [-0.39, 0.29) is 5.56 Å². The van der Waals surface area contributed by atoms with Crippen LogP contribution in [0.15, 0.2) is 58.5 Å². The van der Waals surface area contributed by atoms with E-state index in [1.807, 2.05) is 17.0 Å². The van der Waals surface area contributed by atoms with E-state index in [2.05, 4.69) is 34.1 Å². The first-order valence-electron chi connectivity index (χ1n) is 9.38. The Hall–Kier alpha value is -3.75. The molecule has 1 aliphatic rings. The maximum Gasteiger partial charge on any atom is 0.258 e. The number of amides is 1. The number of guanidine groups is 1. The number of hydrogen-bond acceptors (Lipinski definition) is 5. The smallest absolute Gasteiger partial charge is 0.258 e. The van der Waals surface area contributed by atoms with Gasteiger partial charge in [0, 0.05) is 38.7 Å². The summed E-state index contributed by atoms with van der Waals surface area (Å²) < 4.78 is 13.7. The lowest BCUT2D eigenvalue weighted by Crippen LogP contribution is -2.42. The second-order valence-corrected chi connectivity index (χ2v) is 6.91. The first-order valence-corrected chi connectivity index (χ1v) is 9.38. The number of halogens is 1. The predicted molar refractivity (Wildman–Crippen MR) is 116 cm³/mol. The molecule has 30 heavy (non-hydrogen) atoms. The summed E-state index contributed by atoms with van der Waals surface area (Å²) in [5.41, 5.74) is 10.1. The van der Waals surface area contributed by atoms with Crippen molar-refractivity contribution in [1.29, 1.82) is 0 Å². The molecule has 0 saturated heterocycles. The molecule has 1 amide bonds. The Bertz CT molecular complexity index is 1000. The fraction of sp³-hybridized carbons (Fsp3) is 0.238. The molecule has 0 spiro atoms. The normalized spacial score (nSPS) is 14.5. The second-order valence-electron chi connectivity index (χ2n) is 6.91. The lowest BCUT2D eigenvalue weighted by Gasteiger charge is -2.31. The van der Waals surface area contributed by atoms with Gasteiger partial charge in [0.1, 0.15) is 0 Å². The summed E-state index contributed by atoms with van der Waals surface area (Å²) >= 11 is 0. The van der Waals surface area contributed by atoms with E-state index in [0.29, 0.717) is 18.2 Å². The Labute approximate surface area is 174 Å². The third kappa shape index (κ3) is 4.80. The molecule has 0 saturated carbocycles. The Morgan fingerprint density at radius 2 is 2.07 bits per heavy atom. The van der Waals surface area contributed by atoms with Gasteiger partial charge >= 0.3 is 0 Å². The fourth-order valence-electron chi connectivity index (χ4n) is 3.15. The van der Waals surface area contributed by atoms with E-state index in [4.69, 9.17) is 5.73 Å². The number of hydrazone groups is 2. The molecule has 0 aliphatic carbocycles. The van der Waals surface area contributed by atoms with Crippen LogP contribution >= 0.6 is 0 Å². The minimum atomic E-state index is -0.661. The van der Waals surface area contributed by atoms with Crippen LogP contribution in [0.2, 0.25) is 0 Å². The molecule has 1 aliphatic heterocycles. The minimum Gasteiger partial charge on any atom is -0.368 e. The molecule has 3 N–H and O–H groups in total. The van der Waals surface area contributed by atoms with Crippen LogP contribution in [0.3, 0.4) is 0 Å². The van der Waals surface area contributed by atoms with Crippen LogP contribution in [0.1, 0.15) is 29.3 Å². The van der Waals surface area contributed by atoms with Crippen molar-refractivity contribution in [2.75, 3.05) is 25.5 Å². The van der Waals surface area contributed by atoms with Gasteiger partial charge in [-0.3, -0.25) is 9.78 Å². The van der Waals surface area contributed by atoms with Crippen LogP contribution in [0, 0.1) is 5.82 Å². The maximum absolute atomic E-state index is 13.7. The Balaban J connectivity index is 1.73. The molecule has 0 radical (unpaired) electrons. The summed E-state index contributed by atoms with van der Waals surface area (Å²) in [6.07, 6.45) is 3.25. The van der Waals surface area contributed by atoms with E-state index in [1.165, 1.54) is 23.0 Å². The van der Waals surface area contributed by atoms with Gasteiger partial charge in [-0.2, -0.15) is 10.2 Å². The van der Waals surface area contributed by atoms with E-state index in [1.54, 1.807) is 19.2 Å². The molecule has 1 aromatic heterocycles. The molecule has 1 aromatic carbocycles. The number of nitrogens with one attached hydrogen (secondary N) is 1. The number of nitrogens with zero attached hydrogens (tertiary/aromatic N) is 5. The van der Waals surface area contributed by atoms with E-state index < -0.39 is 11.7 Å². The summed E-state index contributed by atoms with van der Waals surface area (Å²) in [4.78, 5) is 17.9. The first kappa shape index (κ1) is 21.0. The monoisotopic (exact) mass is 409 g/mol. The zero-order valence-electron chi connectivity index (χ0n) is 17.0. The van der Waals surface area contributed by atoms with E-state index in [9.17, 15) is 9.18 Å². The number of aromatic nitrogens is 1. The average molecular weight is 409 g/mol. The lowest BCUT2D eigenvalue weighted by atomic mass is 9.95. The molecule has 3 rings (SSSR count). The molecule has 0 fully saturated rings. The van der Waals surface area contributed by atoms with E-state index in [0.717, 1.165) is 30.3 Å². The van der Waals surface area contributed by atoms with Gasteiger partial charge in [0.15, 0.2) is 5.82 Å². The SMILES string of the molecule is C=NN(C)/N=C(\N)N1CCC(C)=C(c2ccc(NC(=O)c3ccncc3F)cc2)C1. The molecule has 0 unspecified atom stereocenters. The molecule has 9 heteroatoms. The Morgan fingerprint density at radius 1 is 1.33 bits per heavy atom. The van der Waals surface area contributed by atoms with Crippen LogP contribution < -0.4 is 11.1 Å². The number of benzene rings is 1. The molecule has 156 valence electrons. The van der Waals surface area contributed by atoms with Crippen LogP contribution in [0.25, 0.3) is 5.57 Å². The molecule has 8 nitrogen and oxygen atoms in total. The lowest BCUT2D eigenvalue weighted by molar-refractivity contribution is 0.102. The van der Waals surface area contributed by atoms with Gasteiger partial charge in [0.05, 0.1) is 11.8 Å². The highest BCUT2D eigenvalue weighted by atomic mass is 19.1. The number of carbonyl (C=O) groups is 1. The van der Waals surface area contributed by atoms with Crippen molar-refractivity contribution in [3.8, 4) is 0 Å². The third-order valence-electron chi connectivity index (χ3n) is 4.91.